The van der Waals surface area contributed by atoms with E-state index in [-0.39, 0.29) is 0 Å². The minimum atomic E-state index is -4.46. The molecule has 0 N–H and O–H groups in total. The third-order valence-corrected chi connectivity index (χ3v) is 2.97. The van der Waals surface area contributed by atoms with Gasteiger partial charge in [-0.3, -0.25) is 0 Å². The Balaban J connectivity index is 1.99. The van der Waals surface area contributed by atoms with Crippen molar-refractivity contribution < 1.29 is 13.2 Å². The smallest absolute Gasteiger partial charge is 0.237 e. The number of nitrogens with zero attached hydrogens (tertiary/aromatic N) is 3. The van der Waals surface area contributed by atoms with E-state index in [0.717, 1.165) is 21.9 Å². The Kier molecular flexibility index (Phi) is 3.21. The summed E-state index contributed by atoms with van der Waals surface area (Å²) in [6.45, 7) is 0. The molecular weight excluding hydrogens is 279 g/mol. The lowest BCUT2D eigenvalue weighted by Crippen LogP contribution is -2.07. The molecule has 0 saturated heterocycles. The molecule has 0 unspecified atom stereocenters. The zero-order valence-electron chi connectivity index (χ0n) is 10.7. The first-order chi connectivity index (χ1) is 10.0. The first-order valence-corrected chi connectivity index (χ1v) is 6.19. The van der Waals surface area contributed by atoms with Crippen LogP contribution in [0, 0.1) is 0 Å². The van der Waals surface area contributed by atoms with Crippen LogP contribution < -0.4 is 0 Å². The quantitative estimate of drug-likeness (QED) is 0.715. The summed E-state index contributed by atoms with van der Waals surface area (Å²) in [4.78, 5) is 4.06. The topological polar surface area (TPSA) is 30.7 Å². The van der Waals surface area contributed by atoms with E-state index >= 15 is 0 Å². The molecule has 3 nitrogen and oxygen atoms in total. The molecular formula is C15H10F3N3. The number of hydrogen-bond acceptors (Lipinski definition) is 2. The Bertz CT molecular complexity index is 748. The first kappa shape index (κ1) is 13.4. The predicted octanol–water partition coefficient (Wildman–Crippen LogP) is 3.95. The normalized spacial score (nSPS) is 11.6. The van der Waals surface area contributed by atoms with Crippen molar-refractivity contribution in [3.8, 4) is 16.9 Å². The van der Waals surface area contributed by atoms with Crippen molar-refractivity contribution in [1.29, 1.82) is 0 Å². The molecule has 2 heterocycles. The molecule has 0 radical (unpaired) electrons. The summed E-state index contributed by atoms with van der Waals surface area (Å²) in [5, 5.41) is 3.52. The summed E-state index contributed by atoms with van der Waals surface area (Å²) < 4.78 is 38.8. The molecule has 0 aliphatic rings. The molecule has 0 bridgehead atoms. The summed E-state index contributed by atoms with van der Waals surface area (Å²) in [6.07, 6.45) is -1.66. The molecule has 0 amide bonds. The summed E-state index contributed by atoms with van der Waals surface area (Å²) in [5.74, 6) is 0.340. The largest absolute Gasteiger partial charge is 0.435 e. The van der Waals surface area contributed by atoms with E-state index in [0.29, 0.717) is 5.82 Å². The fraction of sp³-hybridized carbons (Fsp3) is 0.0667. The van der Waals surface area contributed by atoms with Crippen LogP contribution in [0.4, 0.5) is 13.2 Å². The maximum Gasteiger partial charge on any atom is 0.435 e. The molecule has 21 heavy (non-hydrogen) atoms. The lowest BCUT2D eigenvalue weighted by molar-refractivity contribution is -0.141. The lowest BCUT2D eigenvalue weighted by Gasteiger charge is -2.05. The van der Waals surface area contributed by atoms with Gasteiger partial charge in [0.1, 0.15) is 0 Å². The average molecular weight is 289 g/mol. The first-order valence-electron chi connectivity index (χ1n) is 6.19. The van der Waals surface area contributed by atoms with Crippen molar-refractivity contribution in [3.63, 3.8) is 0 Å². The van der Waals surface area contributed by atoms with Crippen molar-refractivity contribution in [2.45, 2.75) is 6.18 Å². The summed E-state index contributed by atoms with van der Waals surface area (Å²) >= 11 is 0. The SMILES string of the molecule is FC(F)(F)c1ccn(-c2cc(-c3ccccc3)ccn2)n1. The van der Waals surface area contributed by atoms with Crippen LogP contribution in [0.15, 0.2) is 60.9 Å². The monoisotopic (exact) mass is 289 g/mol. The summed E-state index contributed by atoms with van der Waals surface area (Å²) in [6, 6.07) is 13.9. The summed E-state index contributed by atoms with van der Waals surface area (Å²) in [5.41, 5.74) is 0.892. The van der Waals surface area contributed by atoms with E-state index < -0.39 is 11.9 Å². The Labute approximate surface area is 118 Å². The van der Waals surface area contributed by atoms with Gasteiger partial charge in [0.25, 0.3) is 0 Å². The number of alkyl halides is 3. The van der Waals surface area contributed by atoms with Gasteiger partial charge in [0.15, 0.2) is 11.5 Å². The van der Waals surface area contributed by atoms with E-state index in [1.807, 2.05) is 30.3 Å². The number of hydrogen-bond donors (Lipinski definition) is 0. The average Bonchev–Trinajstić information content (AvgIpc) is 2.98. The Morgan fingerprint density at radius 1 is 0.905 bits per heavy atom. The van der Waals surface area contributed by atoms with Crippen LogP contribution in [-0.4, -0.2) is 14.8 Å². The van der Waals surface area contributed by atoms with Gasteiger partial charge in [-0.25, -0.2) is 9.67 Å². The summed E-state index contributed by atoms with van der Waals surface area (Å²) in [7, 11) is 0. The molecule has 2 aromatic heterocycles. The van der Waals surface area contributed by atoms with Gasteiger partial charge >= 0.3 is 6.18 Å². The lowest BCUT2D eigenvalue weighted by atomic mass is 10.1. The van der Waals surface area contributed by atoms with Crippen LogP contribution in [0.5, 0.6) is 0 Å². The second-order valence-electron chi connectivity index (χ2n) is 4.41. The maximum atomic E-state index is 12.6. The highest BCUT2D eigenvalue weighted by Gasteiger charge is 2.33. The molecule has 106 valence electrons. The van der Waals surface area contributed by atoms with Crippen molar-refractivity contribution >= 4 is 0 Å². The maximum absolute atomic E-state index is 12.6. The molecule has 0 aliphatic carbocycles. The highest BCUT2D eigenvalue weighted by Crippen LogP contribution is 2.28. The van der Waals surface area contributed by atoms with Gasteiger partial charge in [-0.15, -0.1) is 0 Å². The molecule has 6 heteroatoms. The van der Waals surface area contributed by atoms with Gasteiger partial charge < -0.3 is 0 Å². The molecule has 3 rings (SSSR count). The van der Waals surface area contributed by atoms with Gasteiger partial charge in [0.2, 0.25) is 0 Å². The molecule has 0 fully saturated rings. The van der Waals surface area contributed by atoms with Crippen molar-refractivity contribution in [3.05, 3.63) is 66.6 Å². The number of benzene rings is 1. The zero-order chi connectivity index (χ0) is 14.9. The minimum absolute atomic E-state index is 0.340. The Morgan fingerprint density at radius 2 is 1.67 bits per heavy atom. The minimum Gasteiger partial charge on any atom is -0.237 e. The van der Waals surface area contributed by atoms with E-state index in [1.54, 1.807) is 18.3 Å². The van der Waals surface area contributed by atoms with Crippen LogP contribution in [0.2, 0.25) is 0 Å². The standard InChI is InChI=1S/C15H10F3N3/c16-15(17,18)13-7-9-21(20-13)14-10-12(6-8-19-14)11-4-2-1-3-5-11/h1-10H. The predicted molar refractivity (Wildman–Crippen MR) is 71.8 cm³/mol. The highest BCUT2D eigenvalue weighted by molar-refractivity contribution is 5.64. The Hall–Kier alpha value is -2.63. The zero-order valence-corrected chi connectivity index (χ0v) is 10.7. The second-order valence-corrected chi connectivity index (χ2v) is 4.41. The van der Waals surface area contributed by atoms with Crippen LogP contribution in [0.1, 0.15) is 5.69 Å². The number of aromatic nitrogens is 3. The van der Waals surface area contributed by atoms with E-state index in [4.69, 9.17) is 0 Å². The van der Waals surface area contributed by atoms with Crippen molar-refractivity contribution in [2.75, 3.05) is 0 Å². The van der Waals surface area contributed by atoms with Crippen LogP contribution >= 0.6 is 0 Å². The molecule has 0 aliphatic heterocycles. The number of pyridine rings is 1. The van der Waals surface area contributed by atoms with Crippen molar-refractivity contribution in [2.24, 2.45) is 0 Å². The third kappa shape index (κ3) is 2.79. The molecule has 0 saturated carbocycles. The van der Waals surface area contributed by atoms with E-state index in [2.05, 4.69) is 10.1 Å². The number of halogens is 3. The van der Waals surface area contributed by atoms with Gasteiger partial charge in [-0.2, -0.15) is 18.3 Å². The van der Waals surface area contributed by atoms with Gasteiger partial charge in [-0.05, 0) is 29.3 Å². The fourth-order valence-corrected chi connectivity index (χ4v) is 1.96. The third-order valence-electron chi connectivity index (χ3n) is 2.97. The fourth-order valence-electron chi connectivity index (χ4n) is 1.96. The van der Waals surface area contributed by atoms with Gasteiger partial charge in [-0.1, -0.05) is 30.3 Å². The van der Waals surface area contributed by atoms with Crippen LogP contribution in [0.25, 0.3) is 16.9 Å². The van der Waals surface area contributed by atoms with Crippen LogP contribution in [-0.2, 0) is 6.18 Å². The number of rotatable bonds is 2. The Morgan fingerprint density at radius 3 is 2.33 bits per heavy atom. The van der Waals surface area contributed by atoms with E-state index in [9.17, 15) is 13.2 Å². The molecule has 1 aromatic carbocycles. The molecule has 0 spiro atoms. The van der Waals surface area contributed by atoms with E-state index in [1.165, 1.54) is 6.20 Å². The van der Waals surface area contributed by atoms with Gasteiger partial charge in [0, 0.05) is 12.4 Å². The van der Waals surface area contributed by atoms with Crippen LogP contribution in [0.3, 0.4) is 0 Å². The van der Waals surface area contributed by atoms with Crippen molar-refractivity contribution in [1.82, 2.24) is 14.8 Å². The molecule has 0 atom stereocenters. The second kappa shape index (κ2) is 5.05. The molecule has 3 aromatic rings. The highest BCUT2D eigenvalue weighted by atomic mass is 19.4. The van der Waals surface area contributed by atoms with Gasteiger partial charge in [0.05, 0.1) is 0 Å².